The molecule has 0 amide bonds. The summed E-state index contributed by atoms with van der Waals surface area (Å²) in [5.41, 5.74) is 0.739. The molecule has 0 aliphatic heterocycles. The summed E-state index contributed by atoms with van der Waals surface area (Å²) in [5, 5.41) is 0. The largest absolute Gasteiger partial charge is 0.423 e. The van der Waals surface area contributed by atoms with Gasteiger partial charge in [-0.1, -0.05) is 24.8 Å². The van der Waals surface area contributed by atoms with Gasteiger partial charge < -0.3 is 4.74 Å². The van der Waals surface area contributed by atoms with Crippen molar-refractivity contribution in [3.05, 3.63) is 66.7 Å². The van der Waals surface area contributed by atoms with E-state index >= 15 is 0 Å². The van der Waals surface area contributed by atoms with Gasteiger partial charge in [-0.3, -0.25) is 4.72 Å². The Morgan fingerprint density at radius 2 is 1.64 bits per heavy atom. The van der Waals surface area contributed by atoms with Gasteiger partial charge in [0, 0.05) is 11.3 Å². The summed E-state index contributed by atoms with van der Waals surface area (Å²) in [7, 11) is -3.68. The maximum absolute atomic E-state index is 12.2. The number of carbonyl (C=O) groups excluding carboxylic acids is 1. The zero-order chi connectivity index (χ0) is 16.2. The third-order valence-corrected chi connectivity index (χ3v) is 4.12. The average molecular weight is 317 g/mol. The third-order valence-electron chi connectivity index (χ3n) is 2.72. The molecule has 2 aromatic carbocycles. The van der Waals surface area contributed by atoms with Crippen LogP contribution in [0.4, 0.5) is 5.69 Å². The van der Waals surface area contributed by atoms with Crippen LogP contribution in [0.1, 0.15) is 6.92 Å². The van der Waals surface area contributed by atoms with Crippen LogP contribution in [0.5, 0.6) is 5.75 Å². The van der Waals surface area contributed by atoms with E-state index in [4.69, 9.17) is 4.74 Å². The molecule has 0 saturated carbocycles. The van der Waals surface area contributed by atoms with Crippen LogP contribution >= 0.6 is 0 Å². The zero-order valence-electron chi connectivity index (χ0n) is 11.9. The van der Waals surface area contributed by atoms with Gasteiger partial charge in [-0.25, -0.2) is 13.2 Å². The van der Waals surface area contributed by atoms with E-state index in [-0.39, 0.29) is 16.2 Å². The number of ether oxygens (including phenoxy) is 1. The Labute approximate surface area is 129 Å². The Morgan fingerprint density at radius 1 is 1.05 bits per heavy atom. The first-order valence-corrected chi connectivity index (χ1v) is 7.92. The molecule has 0 radical (unpaired) electrons. The van der Waals surface area contributed by atoms with E-state index in [1.807, 2.05) is 0 Å². The number of hydrogen-bond acceptors (Lipinski definition) is 4. The zero-order valence-corrected chi connectivity index (χ0v) is 12.8. The number of hydrogen-bond donors (Lipinski definition) is 1. The fraction of sp³-hybridized carbons (Fsp3) is 0.0625. The van der Waals surface area contributed by atoms with E-state index in [1.54, 1.807) is 30.3 Å². The van der Waals surface area contributed by atoms with Crippen LogP contribution in [-0.2, 0) is 14.8 Å². The Bertz CT molecular complexity index is 781. The van der Waals surface area contributed by atoms with Crippen molar-refractivity contribution in [1.29, 1.82) is 0 Å². The molecule has 2 rings (SSSR count). The Kier molecular flexibility index (Phi) is 4.62. The lowest BCUT2D eigenvalue weighted by molar-refractivity contribution is -0.130. The quantitative estimate of drug-likeness (QED) is 0.523. The monoisotopic (exact) mass is 317 g/mol. The van der Waals surface area contributed by atoms with Crippen molar-refractivity contribution in [2.75, 3.05) is 4.72 Å². The number of benzene rings is 2. The van der Waals surface area contributed by atoms with Crippen molar-refractivity contribution >= 4 is 21.7 Å². The smallest absolute Gasteiger partial charge is 0.338 e. The van der Waals surface area contributed by atoms with Gasteiger partial charge in [0.15, 0.2) is 0 Å². The van der Waals surface area contributed by atoms with Gasteiger partial charge in [-0.05, 0) is 43.3 Å². The van der Waals surface area contributed by atoms with Crippen LogP contribution in [0.15, 0.2) is 71.6 Å². The standard InChI is InChI=1S/C16H15NO4S/c1-12(2)16(18)21-14-8-10-15(11-9-14)22(19,20)17-13-6-4-3-5-7-13/h3-11,17H,1H2,2H3. The van der Waals surface area contributed by atoms with Crippen molar-refractivity contribution in [3.63, 3.8) is 0 Å². The lowest BCUT2D eigenvalue weighted by atomic mass is 10.3. The minimum Gasteiger partial charge on any atom is -0.423 e. The first-order valence-electron chi connectivity index (χ1n) is 6.44. The van der Waals surface area contributed by atoms with E-state index in [0.29, 0.717) is 5.69 Å². The minimum absolute atomic E-state index is 0.0754. The minimum atomic E-state index is -3.68. The summed E-state index contributed by atoms with van der Waals surface area (Å²) in [6, 6.07) is 14.1. The molecule has 0 fully saturated rings. The molecule has 0 atom stereocenters. The molecule has 5 nitrogen and oxygen atoms in total. The molecule has 0 saturated heterocycles. The predicted octanol–water partition coefficient (Wildman–Crippen LogP) is 2.97. The topological polar surface area (TPSA) is 72.5 Å². The van der Waals surface area contributed by atoms with Crippen LogP contribution in [-0.4, -0.2) is 14.4 Å². The lowest BCUT2D eigenvalue weighted by Gasteiger charge is -2.09. The van der Waals surface area contributed by atoms with Gasteiger partial charge >= 0.3 is 5.97 Å². The van der Waals surface area contributed by atoms with E-state index in [0.717, 1.165) is 0 Å². The molecule has 1 N–H and O–H groups in total. The molecular formula is C16H15NO4S. The van der Waals surface area contributed by atoms with Crippen molar-refractivity contribution in [2.45, 2.75) is 11.8 Å². The number of rotatable bonds is 5. The number of para-hydroxylation sites is 1. The summed E-state index contributed by atoms with van der Waals surface area (Å²) in [4.78, 5) is 11.5. The van der Waals surface area contributed by atoms with Gasteiger partial charge in [0.2, 0.25) is 0 Å². The Hall–Kier alpha value is -2.60. The van der Waals surface area contributed by atoms with Crippen LogP contribution < -0.4 is 9.46 Å². The first-order chi connectivity index (χ1) is 10.4. The molecule has 0 spiro atoms. The second-order valence-corrected chi connectivity index (χ2v) is 6.30. The summed E-state index contributed by atoms with van der Waals surface area (Å²) in [5.74, 6) is -0.301. The maximum Gasteiger partial charge on any atom is 0.338 e. The first kappa shape index (κ1) is 15.8. The molecule has 114 valence electrons. The fourth-order valence-corrected chi connectivity index (χ4v) is 2.66. The molecule has 2 aromatic rings. The van der Waals surface area contributed by atoms with Gasteiger partial charge in [-0.15, -0.1) is 0 Å². The van der Waals surface area contributed by atoms with Crippen LogP contribution in [0.3, 0.4) is 0 Å². The average Bonchev–Trinajstić information content (AvgIpc) is 2.48. The van der Waals surface area contributed by atoms with Crippen molar-refractivity contribution in [3.8, 4) is 5.75 Å². The van der Waals surface area contributed by atoms with E-state index in [1.165, 1.54) is 31.2 Å². The maximum atomic E-state index is 12.2. The van der Waals surface area contributed by atoms with E-state index in [9.17, 15) is 13.2 Å². The summed E-state index contributed by atoms with van der Waals surface area (Å²) >= 11 is 0. The third kappa shape index (κ3) is 3.95. The highest BCUT2D eigenvalue weighted by Crippen LogP contribution is 2.19. The summed E-state index contributed by atoms with van der Waals surface area (Å²) < 4.78 is 31.9. The number of esters is 1. The van der Waals surface area contributed by atoms with Crippen LogP contribution in [0.25, 0.3) is 0 Å². The Morgan fingerprint density at radius 3 is 2.18 bits per heavy atom. The highest BCUT2D eigenvalue weighted by atomic mass is 32.2. The highest BCUT2D eigenvalue weighted by molar-refractivity contribution is 7.92. The normalized spacial score (nSPS) is 10.8. The molecule has 6 heteroatoms. The van der Waals surface area contributed by atoms with E-state index < -0.39 is 16.0 Å². The summed E-state index contributed by atoms with van der Waals surface area (Å²) in [6.07, 6.45) is 0. The molecule has 0 aliphatic rings. The molecule has 22 heavy (non-hydrogen) atoms. The van der Waals surface area contributed by atoms with Gasteiger partial charge in [0.25, 0.3) is 10.0 Å². The highest BCUT2D eigenvalue weighted by Gasteiger charge is 2.14. The number of sulfonamides is 1. The molecule has 0 bridgehead atoms. The molecule has 0 unspecified atom stereocenters. The van der Waals surface area contributed by atoms with Gasteiger partial charge in [0.1, 0.15) is 5.75 Å². The second-order valence-electron chi connectivity index (χ2n) is 4.61. The van der Waals surface area contributed by atoms with Crippen molar-refractivity contribution < 1.29 is 17.9 Å². The predicted molar refractivity (Wildman–Crippen MR) is 84.1 cm³/mol. The SMILES string of the molecule is C=C(C)C(=O)Oc1ccc(S(=O)(=O)Nc2ccccc2)cc1. The molecule has 0 heterocycles. The summed E-state index contributed by atoms with van der Waals surface area (Å²) in [6.45, 7) is 5.01. The molecule has 0 aromatic heterocycles. The fourth-order valence-electron chi connectivity index (χ4n) is 1.60. The number of nitrogens with one attached hydrogen (secondary N) is 1. The Balaban J connectivity index is 2.15. The molecule has 0 aliphatic carbocycles. The van der Waals surface area contributed by atoms with Gasteiger partial charge in [-0.2, -0.15) is 0 Å². The van der Waals surface area contributed by atoms with E-state index in [2.05, 4.69) is 11.3 Å². The van der Waals surface area contributed by atoms with Crippen LogP contribution in [0.2, 0.25) is 0 Å². The number of carbonyl (C=O) groups is 1. The van der Waals surface area contributed by atoms with Crippen molar-refractivity contribution in [1.82, 2.24) is 0 Å². The van der Waals surface area contributed by atoms with Crippen molar-refractivity contribution in [2.24, 2.45) is 0 Å². The lowest BCUT2D eigenvalue weighted by Crippen LogP contribution is -2.13. The number of anilines is 1. The second kappa shape index (κ2) is 6.44. The molecular weight excluding hydrogens is 302 g/mol. The van der Waals surface area contributed by atoms with Gasteiger partial charge in [0.05, 0.1) is 4.90 Å². The van der Waals surface area contributed by atoms with Crippen LogP contribution in [0, 0.1) is 0 Å².